The largest absolute Gasteiger partial charge is 0.367 e. The van der Waals surface area contributed by atoms with Crippen LogP contribution in [0.15, 0.2) is 34.9 Å². The van der Waals surface area contributed by atoms with Gasteiger partial charge >= 0.3 is 0 Å². The Morgan fingerprint density at radius 3 is 2.72 bits per heavy atom. The van der Waals surface area contributed by atoms with E-state index in [4.69, 9.17) is 16.9 Å². The minimum absolute atomic E-state index is 0.0292. The Balaban J connectivity index is 1.74. The zero-order chi connectivity index (χ0) is 18.0. The molecule has 8 heteroatoms. The van der Waals surface area contributed by atoms with Gasteiger partial charge in [-0.05, 0) is 34.1 Å². The molecule has 0 N–H and O–H groups in total. The molecule has 0 unspecified atom stereocenters. The third-order valence-electron chi connectivity index (χ3n) is 4.05. The first-order chi connectivity index (χ1) is 12.0. The van der Waals surface area contributed by atoms with E-state index in [0.29, 0.717) is 41.9 Å². The SMILES string of the molecule is N#Cc1c(F)cccc1N1CCN(C(=O)c2cc(Br)cnc2Cl)CC1. The highest BCUT2D eigenvalue weighted by atomic mass is 79.9. The topological polar surface area (TPSA) is 60.2 Å². The number of rotatable bonds is 2. The first-order valence-corrected chi connectivity index (χ1v) is 8.72. The van der Waals surface area contributed by atoms with Crippen LogP contribution in [-0.2, 0) is 0 Å². The van der Waals surface area contributed by atoms with Crippen molar-refractivity contribution >= 4 is 39.1 Å². The quantitative estimate of drug-likeness (QED) is 0.694. The highest BCUT2D eigenvalue weighted by Crippen LogP contribution is 2.25. The maximum absolute atomic E-state index is 13.8. The van der Waals surface area contributed by atoms with E-state index in [0.717, 1.165) is 0 Å². The summed E-state index contributed by atoms with van der Waals surface area (Å²) in [6, 6.07) is 8.11. The molecule has 0 bridgehead atoms. The van der Waals surface area contributed by atoms with Crippen LogP contribution in [0.3, 0.4) is 0 Å². The molecule has 3 rings (SSSR count). The molecule has 2 heterocycles. The van der Waals surface area contributed by atoms with Gasteiger partial charge in [-0.2, -0.15) is 5.26 Å². The number of halogens is 3. The lowest BCUT2D eigenvalue weighted by molar-refractivity contribution is 0.0746. The van der Waals surface area contributed by atoms with Crippen molar-refractivity contribution in [1.82, 2.24) is 9.88 Å². The van der Waals surface area contributed by atoms with Gasteiger partial charge in [0.1, 0.15) is 22.6 Å². The van der Waals surface area contributed by atoms with E-state index in [-0.39, 0.29) is 16.6 Å². The van der Waals surface area contributed by atoms with Gasteiger partial charge in [0.25, 0.3) is 5.91 Å². The molecule has 0 radical (unpaired) electrons. The van der Waals surface area contributed by atoms with Gasteiger partial charge in [-0.1, -0.05) is 17.7 Å². The lowest BCUT2D eigenvalue weighted by Gasteiger charge is -2.36. The lowest BCUT2D eigenvalue weighted by atomic mass is 10.1. The van der Waals surface area contributed by atoms with Gasteiger partial charge in [0.15, 0.2) is 0 Å². The second-order valence-electron chi connectivity index (χ2n) is 5.52. The Bertz CT molecular complexity index is 862. The Hall–Kier alpha value is -2.17. The average Bonchev–Trinajstić information content (AvgIpc) is 2.63. The number of carbonyl (C=O) groups is 1. The summed E-state index contributed by atoms with van der Waals surface area (Å²) in [5.41, 5.74) is 0.922. The summed E-state index contributed by atoms with van der Waals surface area (Å²) in [5, 5.41) is 9.33. The molecule has 5 nitrogen and oxygen atoms in total. The van der Waals surface area contributed by atoms with Crippen molar-refractivity contribution in [3.05, 3.63) is 57.0 Å². The van der Waals surface area contributed by atoms with Gasteiger partial charge in [-0.3, -0.25) is 4.79 Å². The Labute approximate surface area is 157 Å². The fourth-order valence-electron chi connectivity index (χ4n) is 2.78. The summed E-state index contributed by atoms with van der Waals surface area (Å²) in [4.78, 5) is 20.2. The van der Waals surface area contributed by atoms with E-state index in [1.807, 2.05) is 11.0 Å². The van der Waals surface area contributed by atoms with E-state index in [1.54, 1.807) is 23.1 Å². The van der Waals surface area contributed by atoms with Crippen molar-refractivity contribution in [1.29, 1.82) is 5.26 Å². The number of aromatic nitrogens is 1. The fourth-order valence-corrected chi connectivity index (χ4v) is 3.30. The first-order valence-electron chi connectivity index (χ1n) is 7.55. The molecule has 25 heavy (non-hydrogen) atoms. The van der Waals surface area contributed by atoms with Gasteiger partial charge in [-0.15, -0.1) is 0 Å². The predicted molar refractivity (Wildman–Crippen MR) is 96.2 cm³/mol. The molecule has 2 aromatic rings. The summed E-state index contributed by atoms with van der Waals surface area (Å²) in [7, 11) is 0. The van der Waals surface area contributed by atoms with Crippen molar-refractivity contribution in [3.8, 4) is 6.07 Å². The predicted octanol–water partition coefficient (Wildman–Crippen LogP) is 3.47. The van der Waals surface area contributed by atoms with Gasteiger partial charge in [0, 0.05) is 36.8 Å². The van der Waals surface area contributed by atoms with Crippen molar-refractivity contribution in [2.75, 3.05) is 31.1 Å². The standard InChI is InChI=1S/C17H13BrClFN4O/c18-11-8-12(16(19)22-10-11)17(25)24-6-4-23(5-7-24)15-3-1-2-14(20)13(15)9-21/h1-3,8,10H,4-7H2. The summed E-state index contributed by atoms with van der Waals surface area (Å²) < 4.78 is 14.5. The molecule has 1 aliphatic rings. The van der Waals surface area contributed by atoms with Gasteiger partial charge in [-0.25, -0.2) is 9.37 Å². The van der Waals surface area contributed by atoms with Crippen LogP contribution in [-0.4, -0.2) is 42.0 Å². The Kier molecular flexibility index (Phi) is 5.21. The zero-order valence-corrected chi connectivity index (χ0v) is 15.4. The molecule has 128 valence electrons. The number of benzene rings is 1. The summed E-state index contributed by atoms with van der Waals surface area (Å²) in [6.07, 6.45) is 1.53. The van der Waals surface area contributed by atoms with Crippen LogP contribution in [0.4, 0.5) is 10.1 Å². The molecular formula is C17H13BrClFN4O. The second-order valence-corrected chi connectivity index (χ2v) is 6.79. The van der Waals surface area contributed by atoms with Crippen LogP contribution in [0.25, 0.3) is 0 Å². The van der Waals surface area contributed by atoms with Crippen molar-refractivity contribution < 1.29 is 9.18 Å². The van der Waals surface area contributed by atoms with E-state index in [2.05, 4.69) is 20.9 Å². The highest BCUT2D eigenvalue weighted by Gasteiger charge is 2.26. The number of nitrogens with zero attached hydrogens (tertiary/aromatic N) is 4. The number of carbonyl (C=O) groups excluding carboxylic acids is 1. The smallest absolute Gasteiger partial charge is 0.257 e. The van der Waals surface area contributed by atoms with Crippen LogP contribution in [0.5, 0.6) is 0 Å². The van der Waals surface area contributed by atoms with Gasteiger partial charge in [0.2, 0.25) is 0 Å². The molecule has 1 saturated heterocycles. The monoisotopic (exact) mass is 422 g/mol. The first kappa shape index (κ1) is 17.6. The summed E-state index contributed by atoms with van der Waals surface area (Å²) >= 11 is 9.31. The minimum Gasteiger partial charge on any atom is -0.367 e. The normalized spacial score (nSPS) is 14.3. The number of hydrogen-bond acceptors (Lipinski definition) is 4. The molecule has 1 amide bonds. The van der Waals surface area contributed by atoms with Gasteiger partial charge < -0.3 is 9.80 Å². The Morgan fingerprint density at radius 2 is 2.04 bits per heavy atom. The Morgan fingerprint density at radius 1 is 1.32 bits per heavy atom. The number of hydrogen-bond donors (Lipinski definition) is 0. The van der Waals surface area contributed by atoms with Crippen molar-refractivity contribution in [2.45, 2.75) is 0 Å². The molecular weight excluding hydrogens is 411 g/mol. The van der Waals surface area contributed by atoms with E-state index < -0.39 is 5.82 Å². The van der Waals surface area contributed by atoms with E-state index in [9.17, 15) is 9.18 Å². The fraction of sp³-hybridized carbons (Fsp3) is 0.235. The van der Waals surface area contributed by atoms with Crippen LogP contribution in [0.2, 0.25) is 5.15 Å². The lowest BCUT2D eigenvalue weighted by Crippen LogP contribution is -2.49. The van der Waals surface area contributed by atoms with Crippen molar-refractivity contribution in [2.24, 2.45) is 0 Å². The van der Waals surface area contributed by atoms with Crippen molar-refractivity contribution in [3.63, 3.8) is 0 Å². The molecule has 1 aromatic carbocycles. The maximum atomic E-state index is 13.8. The number of pyridine rings is 1. The number of anilines is 1. The van der Waals surface area contributed by atoms with Crippen LogP contribution in [0.1, 0.15) is 15.9 Å². The van der Waals surface area contributed by atoms with Crippen LogP contribution >= 0.6 is 27.5 Å². The average molecular weight is 424 g/mol. The molecule has 1 aromatic heterocycles. The molecule has 1 fully saturated rings. The van der Waals surface area contributed by atoms with E-state index >= 15 is 0 Å². The third-order valence-corrected chi connectivity index (χ3v) is 4.78. The molecule has 0 atom stereocenters. The van der Waals surface area contributed by atoms with E-state index in [1.165, 1.54) is 12.3 Å². The highest BCUT2D eigenvalue weighted by molar-refractivity contribution is 9.10. The molecule has 0 spiro atoms. The summed E-state index contributed by atoms with van der Waals surface area (Å²) in [5.74, 6) is -0.733. The molecule has 0 aliphatic carbocycles. The van der Waals surface area contributed by atoms with Crippen LogP contribution < -0.4 is 4.90 Å². The number of piperazine rings is 1. The minimum atomic E-state index is -0.537. The number of amides is 1. The second kappa shape index (κ2) is 7.38. The molecule has 0 saturated carbocycles. The third kappa shape index (κ3) is 3.60. The summed E-state index contributed by atoms with van der Waals surface area (Å²) in [6.45, 7) is 1.90. The molecule has 1 aliphatic heterocycles. The number of nitriles is 1. The zero-order valence-electron chi connectivity index (χ0n) is 13.0. The van der Waals surface area contributed by atoms with Gasteiger partial charge in [0.05, 0.1) is 11.3 Å². The maximum Gasteiger partial charge on any atom is 0.257 e. The van der Waals surface area contributed by atoms with Crippen LogP contribution in [0, 0.1) is 17.1 Å².